The highest BCUT2D eigenvalue weighted by Gasteiger charge is 2.09. The van der Waals surface area contributed by atoms with Crippen LogP contribution in [0.15, 0.2) is 30.5 Å². The van der Waals surface area contributed by atoms with E-state index in [4.69, 9.17) is 0 Å². The summed E-state index contributed by atoms with van der Waals surface area (Å²) >= 11 is 0. The Bertz CT molecular complexity index is 518. The predicted molar refractivity (Wildman–Crippen MR) is 73.8 cm³/mol. The fourth-order valence-corrected chi connectivity index (χ4v) is 1.97. The van der Waals surface area contributed by atoms with Crippen molar-refractivity contribution in [2.75, 3.05) is 19.6 Å². The molecule has 2 rings (SSSR count). The number of rotatable bonds is 6. The van der Waals surface area contributed by atoms with Crippen molar-refractivity contribution < 1.29 is 4.79 Å². The molecule has 0 spiro atoms. The van der Waals surface area contributed by atoms with Crippen LogP contribution in [0.25, 0.3) is 10.9 Å². The molecule has 4 nitrogen and oxygen atoms in total. The molecular formula is C14H19N3O. The van der Waals surface area contributed by atoms with Crippen molar-refractivity contribution in [3.05, 3.63) is 36.0 Å². The van der Waals surface area contributed by atoms with Crippen LogP contribution >= 0.6 is 0 Å². The van der Waals surface area contributed by atoms with Crippen LogP contribution in [-0.2, 0) is 0 Å². The van der Waals surface area contributed by atoms with Gasteiger partial charge < -0.3 is 15.6 Å². The van der Waals surface area contributed by atoms with Crippen molar-refractivity contribution in [3.63, 3.8) is 0 Å². The third kappa shape index (κ3) is 2.90. The van der Waals surface area contributed by atoms with E-state index in [-0.39, 0.29) is 5.91 Å². The molecular weight excluding hydrogens is 226 g/mol. The van der Waals surface area contributed by atoms with Crippen LogP contribution in [0, 0.1) is 0 Å². The number of carbonyl (C=O) groups is 1. The molecule has 3 N–H and O–H groups in total. The van der Waals surface area contributed by atoms with E-state index in [9.17, 15) is 4.79 Å². The lowest BCUT2D eigenvalue weighted by molar-refractivity contribution is 0.0955. The van der Waals surface area contributed by atoms with Crippen molar-refractivity contribution >= 4 is 16.8 Å². The van der Waals surface area contributed by atoms with Gasteiger partial charge in [-0.25, -0.2) is 0 Å². The zero-order valence-electron chi connectivity index (χ0n) is 10.6. The van der Waals surface area contributed by atoms with Gasteiger partial charge in [0.2, 0.25) is 0 Å². The molecule has 18 heavy (non-hydrogen) atoms. The van der Waals surface area contributed by atoms with Crippen molar-refractivity contribution in [1.82, 2.24) is 15.6 Å². The number of fused-ring (bicyclic) bond motifs is 1. The first-order valence-electron chi connectivity index (χ1n) is 6.38. The molecule has 0 aliphatic carbocycles. The molecule has 0 saturated heterocycles. The van der Waals surface area contributed by atoms with Crippen molar-refractivity contribution in [3.8, 4) is 0 Å². The molecule has 0 fully saturated rings. The predicted octanol–water partition coefficient (Wildman–Crippen LogP) is 1.90. The average Bonchev–Trinajstić information content (AvgIpc) is 2.86. The van der Waals surface area contributed by atoms with Gasteiger partial charge in [-0.05, 0) is 37.7 Å². The minimum atomic E-state index is -0.00306. The summed E-state index contributed by atoms with van der Waals surface area (Å²) in [7, 11) is 0. The van der Waals surface area contributed by atoms with Crippen molar-refractivity contribution in [2.45, 2.75) is 13.3 Å². The normalized spacial score (nSPS) is 10.7. The second kappa shape index (κ2) is 6.21. The SMILES string of the molecule is CCNCCCNC(=O)c1cccc2[nH]ccc12. The van der Waals surface area contributed by atoms with Gasteiger partial charge in [0.25, 0.3) is 5.91 Å². The van der Waals surface area contributed by atoms with E-state index >= 15 is 0 Å². The molecule has 4 heteroatoms. The van der Waals surface area contributed by atoms with E-state index in [0.29, 0.717) is 6.54 Å². The molecule has 0 aliphatic heterocycles. The van der Waals surface area contributed by atoms with E-state index in [1.807, 2.05) is 30.5 Å². The van der Waals surface area contributed by atoms with E-state index < -0.39 is 0 Å². The Hall–Kier alpha value is -1.81. The number of aromatic nitrogens is 1. The van der Waals surface area contributed by atoms with Gasteiger partial charge in [0.15, 0.2) is 0 Å². The lowest BCUT2D eigenvalue weighted by atomic mass is 10.1. The standard InChI is InChI=1S/C14H19N3O/c1-2-15-8-4-9-17-14(18)12-5-3-6-13-11(12)7-10-16-13/h3,5-7,10,15-16H,2,4,8-9H2,1H3,(H,17,18). The first-order valence-corrected chi connectivity index (χ1v) is 6.38. The van der Waals surface area contributed by atoms with Crippen molar-refractivity contribution in [1.29, 1.82) is 0 Å². The largest absolute Gasteiger partial charge is 0.361 e. The number of amides is 1. The van der Waals surface area contributed by atoms with Crippen LogP contribution in [0.3, 0.4) is 0 Å². The summed E-state index contributed by atoms with van der Waals surface area (Å²) in [4.78, 5) is 15.2. The van der Waals surface area contributed by atoms with Gasteiger partial charge >= 0.3 is 0 Å². The average molecular weight is 245 g/mol. The number of carbonyl (C=O) groups excluding carboxylic acids is 1. The van der Waals surface area contributed by atoms with Gasteiger partial charge in [0, 0.05) is 29.2 Å². The topological polar surface area (TPSA) is 56.9 Å². The van der Waals surface area contributed by atoms with Crippen LogP contribution in [0.2, 0.25) is 0 Å². The molecule has 0 bridgehead atoms. The van der Waals surface area contributed by atoms with Gasteiger partial charge in [0.05, 0.1) is 0 Å². The number of benzene rings is 1. The first kappa shape index (κ1) is 12.6. The monoisotopic (exact) mass is 245 g/mol. The number of aromatic amines is 1. The summed E-state index contributed by atoms with van der Waals surface area (Å²) in [5, 5.41) is 7.15. The molecule has 0 atom stereocenters. The van der Waals surface area contributed by atoms with E-state index in [1.165, 1.54) is 0 Å². The van der Waals surface area contributed by atoms with Gasteiger partial charge in [-0.15, -0.1) is 0 Å². The zero-order valence-corrected chi connectivity index (χ0v) is 10.6. The van der Waals surface area contributed by atoms with Crippen LogP contribution in [0.5, 0.6) is 0 Å². The summed E-state index contributed by atoms with van der Waals surface area (Å²) in [6, 6.07) is 7.66. The highest BCUT2D eigenvalue weighted by Crippen LogP contribution is 2.16. The Labute approximate surface area is 107 Å². The van der Waals surface area contributed by atoms with Gasteiger partial charge in [-0.3, -0.25) is 4.79 Å². The number of hydrogen-bond donors (Lipinski definition) is 3. The molecule has 96 valence electrons. The molecule has 1 aromatic heterocycles. The lowest BCUT2D eigenvalue weighted by Crippen LogP contribution is -2.27. The summed E-state index contributed by atoms with van der Waals surface area (Å²) in [6.45, 7) is 4.68. The Balaban J connectivity index is 1.94. The van der Waals surface area contributed by atoms with Crippen LogP contribution in [0.1, 0.15) is 23.7 Å². The number of H-pyrrole nitrogens is 1. The van der Waals surface area contributed by atoms with Crippen LogP contribution in [-0.4, -0.2) is 30.5 Å². The minimum absolute atomic E-state index is 0.00306. The Kier molecular flexibility index (Phi) is 4.36. The maximum Gasteiger partial charge on any atom is 0.251 e. The zero-order chi connectivity index (χ0) is 12.8. The summed E-state index contributed by atoms with van der Waals surface area (Å²) in [5.41, 5.74) is 1.73. The Morgan fingerprint density at radius 1 is 1.28 bits per heavy atom. The highest BCUT2D eigenvalue weighted by atomic mass is 16.1. The minimum Gasteiger partial charge on any atom is -0.361 e. The molecule has 1 aromatic carbocycles. The van der Waals surface area contributed by atoms with E-state index in [0.717, 1.165) is 36.0 Å². The molecule has 0 radical (unpaired) electrons. The summed E-state index contributed by atoms with van der Waals surface area (Å²) in [5.74, 6) is -0.00306. The van der Waals surface area contributed by atoms with Crippen LogP contribution in [0.4, 0.5) is 0 Å². The number of nitrogens with one attached hydrogen (secondary N) is 3. The lowest BCUT2D eigenvalue weighted by Gasteiger charge is -2.06. The highest BCUT2D eigenvalue weighted by molar-refractivity contribution is 6.06. The smallest absolute Gasteiger partial charge is 0.251 e. The van der Waals surface area contributed by atoms with Gasteiger partial charge in [-0.1, -0.05) is 13.0 Å². The van der Waals surface area contributed by atoms with Gasteiger partial charge in [-0.2, -0.15) is 0 Å². The summed E-state index contributed by atoms with van der Waals surface area (Å²) < 4.78 is 0. The third-order valence-electron chi connectivity index (χ3n) is 2.91. The second-order valence-corrected chi connectivity index (χ2v) is 4.21. The third-order valence-corrected chi connectivity index (χ3v) is 2.91. The van der Waals surface area contributed by atoms with Crippen LogP contribution < -0.4 is 10.6 Å². The fraction of sp³-hybridized carbons (Fsp3) is 0.357. The molecule has 2 aromatic rings. The first-order chi connectivity index (χ1) is 8.83. The summed E-state index contributed by atoms with van der Waals surface area (Å²) in [6.07, 6.45) is 2.80. The fourth-order valence-electron chi connectivity index (χ4n) is 1.97. The molecule has 0 aliphatic rings. The Morgan fingerprint density at radius 2 is 2.17 bits per heavy atom. The van der Waals surface area contributed by atoms with Gasteiger partial charge in [0.1, 0.15) is 0 Å². The molecule has 0 unspecified atom stereocenters. The quantitative estimate of drug-likeness (QED) is 0.681. The maximum absolute atomic E-state index is 12.0. The Morgan fingerprint density at radius 3 is 3.00 bits per heavy atom. The molecule has 1 heterocycles. The molecule has 1 amide bonds. The second-order valence-electron chi connectivity index (χ2n) is 4.21. The van der Waals surface area contributed by atoms with Crippen molar-refractivity contribution in [2.24, 2.45) is 0 Å². The van der Waals surface area contributed by atoms with E-state index in [2.05, 4.69) is 22.5 Å². The maximum atomic E-state index is 12.0. The van der Waals surface area contributed by atoms with E-state index in [1.54, 1.807) is 0 Å². The number of hydrogen-bond acceptors (Lipinski definition) is 2. The molecule has 0 saturated carbocycles.